The van der Waals surface area contributed by atoms with Gasteiger partial charge in [0.05, 0.1) is 26.2 Å². The Morgan fingerprint density at radius 1 is 0.850 bits per heavy atom. The third-order valence-corrected chi connectivity index (χ3v) is 6.31. The molecule has 0 spiro atoms. The number of methoxy groups -OCH3 is 1. The van der Waals surface area contributed by atoms with Crippen LogP contribution in [0.4, 0.5) is 9.59 Å². The van der Waals surface area contributed by atoms with Gasteiger partial charge in [-0.3, -0.25) is 9.59 Å². The number of carbonyl (C=O) groups excluding carboxylic acids is 4. The molecular formula is C29H45NO10. The normalized spacial score (nSPS) is 14.8. The molecule has 0 bridgehead atoms. The van der Waals surface area contributed by atoms with Crippen molar-refractivity contribution in [3.8, 4) is 11.5 Å². The molecule has 2 N–H and O–H groups in total. The fraction of sp³-hybridized carbons (Fsp3) is 0.655. The molecule has 0 fully saturated rings. The second-order valence-electron chi connectivity index (χ2n) is 10.6. The standard InChI is InChI=1S/C29H45NO10/c1-9-19(5)16-36-27(33)39-23-12-11-22(13-24(23)40-28(34)37-17-20(6)10-2)15-29(30,26(32)35-8)14-21(7)38-25(31)18(3)4/h11-13,18-21H,9-10,14-17,30H2,1-8H3/t19?,20?,21-,29?/m0/s1. The van der Waals surface area contributed by atoms with Crippen molar-refractivity contribution in [2.45, 2.75) is 85.8 Å². The lowest BCUT2D eigenvalue weighted by atomic mass is 9.86. The summed E-state index contributed by atoms with van der Waals surface area (Å²) in [4.78, 5) is 49.5. The molecule has 226 valence electrons. The molecule has 3 unspecified atom stereocenters. The molecule has 1 aromatic rings. The van der Waals surface area contributed by atoms with Crippen molar-refractivity contribution in [1.82, 2.24) is 0 Å². The van der Waals surface area contributed by atoms with E-state index in [1.54, 1.807) is 26.8 Å². The molecule has 0 aliphatic rings. The second kappa shape index (κ2) is 16.7. The van der Waals surface area contributed by atoms with Crippen molar-refractivity contribution in [3.63, 3.8) is 0 Å². The van der Waals surface area contributed by atoms with Gasteiger partial charge >= 0.3 is 24.2 Å². The van der Waals surface area contributed by atoms with E-state index in [0.29, 0.717) is 5.56 Å². The molecule has 1 aromatic carbocycles. The average molecular weight is 568 g/mol. The number of nitrogens with two attached hydrogens (primary N) is 1. The third kappa shape index (κ3) is 11.8. The Hall–Kier alpha value is -3.34. The first-order chi connectivity index (χ1) is 18.7. The minimum absolute atomic E-state index is 0.0362. The van der Waals surface area contributed by atoms with E-state index in [4.69, 9.17) is 34.2 Å². The molecule has 1 rings (SSSR count). The predicted molar refractivity (Wildman–Crippen MR) is 147 cm³/mol. The zero-order valence-electron chi connectivity index (χ0n) is 24.9. The van der Waals surface area contributed by atoms with Crippen LogP contribution in [-0.4, -0.2) is 56.2 Å². The van der Waals surface area contributed by atoms with E-state index in [-0.39, 0.29) is 55.3 Å². The van der Waals surface area contributed by atoms with Crippen LogP contribution in [0.3, 0.4) is 0 Å². The summed E-state index contributed by atoms with van der Waals surface area (Å²) in [5.41, 5.74) is 5.35. The van der Waals surface area contributed by atoms with Crippen LogP contribution in [0.1, 0.15) is 73.3 Å². The Labute approximate surface area is 236 Å². The van der Waals surface area contributed by atoms with Gasteiger partial charge in [-0.25, -0.2) is 9.59 Å². The highest BCUT2D eigenvalue weighted by molar-refractivity contribution is 5.81. The van der Waals surface area contributed by atoms with E-state index in [2.05, 4.69) is 0 Å². The molecular weight excluding hydrogens is 522 g/mol. The maximum absolute atomic E-state index is 12.7. The molecule has 11 nitrogen and oxygen atoms in total. The number of hydrogen-bond acceptors (Lipinski definition) is 11. The highest BCUT2D eigenvalue weighted by Gasteiger charge is 2.38. The fourth-order valence-corrected chi connectivity index (χ4v) is 3.41. The van der Waals surface area contributed by atoms with Crippen molar-refractivity contribution in [2.75, 3.05) is 20.3 Å². The maximum atomic E-state index is 12.7. The van der Waals surface area contributed by atoms with Crippen LogP contribution < -0.4 is 15.2 Å². The van der Waals surface area contributed by atoms with Gasteiger partial charge < -0.3 is 34.2 Å². The monoisotopic (exact) mass is 567 g/mol. The largest absolute Gasteiger partial charge is 0.513 e. The van der Waals surface area contributed by atoms with E-state index in [1.165, 1.54) is 19.2 Å². The molecule has 0 aliphatic carbocycles. The van der Waals surface area contributed by atoms with Crippen molar-refractivity contribution in [1.29, 1.82) is 0 Å². The van der Waals surface area contributed by atoms with Gasteiger partial charge in [0.1, 0.15) is 11.6 Å². The quantitative estimate of drug-likeness (QED) is 0.169. The van der Waals surface area contributed by atoms with Gasteiger partial charge in [-0.2, -0.15) is 0 Å². The summed E-state index contributed by atoms with van der Waals surface area (Å²) in [5, 5.41) is 0. The SMILES string of the molecule is CCC(C)COC(=O)Oc1ccc(CC(N)(C[C@H](C)OC(=O)C(C)C)C(=O)OC)cc1OC(=O)OCC(C)CC. The summed E-state index contributed by atoms with van der Waals surface area (Å²) in [7, 11) is 1.21. The molecule has 0 saturated heterocycles. The molecule has 0 aliphatic heterocycles. The first kappa shape index (κ1) is 34.7. The summed E-state index contributed by atoms with van der Waals surface area (Å²) in [5.74, 6) is -1.44. The predicted octanol–water partition coefficient (Wildman–Crippen LogP) is 5.20. The van der Waals surface area contributed by atoms with E-state index < -0.39 is 35.9 Å². The molecule has 0 amide bonds. The van der Waals surface area contributed by atoms with Gasteiger partial charge in [-0.15, -0.1) is 0 Å². The average Bonchev–Trinajstić information content (AvgIpc) is 2.90. The summed E-state index contributed by atoms with van der Waals surface area (Å²) in [6.45, 7) is 13.1. The van der Waals surface area contributed by atoms with Crippen LogP contribution in [-0.2, 0) is 35.0 Å². The molecule has 0 aromatic heterocycles. The lowest BCUT2D eigenvalue weighted by Gasteiger charge is -2.29. The van der Waals surface area contributed by atoms with Crippen LogP contribution >= 0.6 is 0 Å². The number of carbonyl (C=O) groups is 4. The molecule has 0 saturated carbocycles. The Morgan fingerprint density at radius 3 is 1.85 bits per heavy atom. The fourth-order valence-electron chi connectivity index (χ4n) is 3.41. The number of hydrogen-bond donors (Lipinski definition) is 1. The van der Waals surface area contributed by atoms with Gasteiger partial charge in [0.15, 0.2) is 11.5 Å². The summed E-state index contributed by atoms with van der Waals surface area (Å²) < 4.78 is 31.3. The number of rotatable bonds is 15. The number of esters is 2. The third-order valence-electron chi connectivity index (χ3n) is 6.31. The van der Waals surface area contributed by atoms with E-state index in [9.17, 15) is 19.2 Å². The van der Waals surface area contributed by atoms with Crippen LogP contribution in [0.25, 0.3) is 0 Å². The van der Waals surface area contributed by atoms with Crippen LogP contribution in [0, 0.1) is 17.8 Å². The summed E-state index contributed by atoms with van der Waals surface area (Å²) in [6, 6.07) is 4.37. The van der Waals surface area contributed by atoms with Gasteiger partial charge in [0.2, 0.25) is 0 Å². The van der Waals surface area contributed by atoms with Crippen molar-refractivity contribution >= 4 is 24.2 Å². The van der Waals surface area contributed by atoms with Crippen LogP contribution in [0.15, 0.2) is 18.2 Å². The Morgan fingerprint density at radius 2 is 1.38 bits per heavy atom. The van der Waals surface area contributed by atoms with Gasteiger partial charge in [0, 0.05) is 12.8 Å². The Kier molecular flexibility index (Phi) is 14.5. The number of benzene rings is 1. The maximum Gasteiger partial charge on any atom is 0.513 e. The molecule has 0 heterocycles. The smallest absolute Gasteiger partial charge is 0.468 e. The molecule has 0 radical (unpaired) electrons. The first-order valence-electron chi connectivity index (χ1n) is 13.6. The van der Waals surface area contributed by atoms with Crippen molar-refractivity contribution in [2.24, 2.45) is 23.5 Å². The topological polar surface area (TPSA) is 150 Å². The van der Waals surface area contributed by atoms with Crippen LogP contribution in [0.5, 0.6) is 11.5 Å². The summed E-state index contributed by atoms with van der Waals surface area (Å²) in [6.07, 6.45) is -1.13. The highest BCUT2D eigenvalue weighted by Crippen LogP contribution is 2.32. The molecule has 4 atom stereocenters. The second-order valence-corrected chi connectivity index (χ2v) is 10.6. The minimum atomic E-state index is -1.59. The first-order valence-corrected chi connectivity index (χ1v) is 13.6. The van der Waals surface area contributed by atoms with Gasteiger partial charge in [-0.1, -0.05) is 60.5 Å². The Bertz CT molecular complexity index is 995. The van der Waals surface area contributed by atoms with Gasteiger partial charge in [-0.05, 0) is 36.5 Å². The lowest BCUT2D eigenvalue weighted by Crippen LogP contribution is -2.53. The molecule has 40 heavy (non-hydrogen) atoms. The molecule has 11 heteroatoms. The number of ether oxygens (including phenoxy) is 6. The van der Waals surface area contributed by atoms with E-state index >= 15 is 0 Å². The zero-order valence-corrected chi connectivity index (χ0v) is 24.9. The summed E-state index contributed by atoms with van der Waals surface area (Å²) >= 11 is 0. The van der Waals surface area contributed by atoms with Crippen molar-refractivity contribution in [3.05, 3.63) is 23.8 Å². The zero-order chi connectivity index (χ0) is 30.5. The van der Waals surface area contributed by atoms with Crippen LogP contribution in [0.2, 0.25) is 0 Å². The lowest BCUT2D eigenvalue weighted by molar-refractivity contribution is -0.157. The highest BCUT2D eigenvalue weighted by atomic mass is 16.7. The van der Waals surface area contributed by atoms with E-state index in [0.717, 1.165) is 12.8 Å². The Balaban J connectivity index is 3.24. The van der Waals surface area contributed by atoms with E-state index in [1.807, 2.05) is 27.7 Å². The van der Waals surface area contributed by atoms with Gasteiger partial charge in [0.25, 0.3) is 0 Å². The van der Waals surface area contributed by atoms with Crippen molar-refractivity contribution < 1.29 is 47.6 Å². The minimum Gasteiger partial charge on any atom is -0.468 e.